The van der Waals surface area contributed by atoms with E-state index in [1.807, 2.05) is 25.1 Å². The van der Waals surface area contributed by atoms with Crippen LogP contribution < -0.4 is 10.5 Å². The molecule has 0 radical (unpaired) electrons. The number of nitrogens with two attached hydrogens (primary N) is 1. The van der Waals surface area contributed by atoms with Crippen LogP contribution in [0.1, 0.15) is 22.9 Å². The highest BCUT2D eigenvalue weighted by Gasteiger charge is 2.14. The fourth-order valence-corrected chi connectivity index (χ4v) is 1.64. The van der Waals surface area contributed by atoms with Crippen molar-refractivity contribution < 1.29 is 4.74 Å². The Morgan fingerprint density at radius 3 is 2.81 bits per heavy atom. The Bertz CT molecular complexity index is 467. The van der Waals surface area contributed by atoms with E-state index in [-0.39, 0.29) is 6.04 Å². The number of aromatic nitrogens is 3. The van der Waals surface area contributed by atoms with Crippen LogP contribution in [-0.2, 0) is 0 Å². The van der Waals surface area contributed by atoms with Gasteiger partial charge in [-0.3, -0.25) is 0 Å². The molecule has 0 aliphatic heterocycles. The number of nitrogens with one attached hydrogen (secondary N) is 1. The maximum atomic E-state index is 6.09. The minimum Gasteiger partial charge on any atom is -0.497 e. The van der Waals surface area contributed by atoms with E-state index in [1.165, 1.54) is 0 Å². The number of ether oxygens (including phenoxy) is 1. The van der Waals surface area contributed by atoms with Gasteiger partial charge >= 0.3 is 0 Å². The van der Waals surface area contributed by atoms with Crippen molar-refractivity contribution in [3.63, 3.8) is 0 Å². The number of rotatable bonds is 3. The van der Waals surface area contributed by atoms with Crippen molar-refractivity contribution in [2.75, 3.05) is 7.11 Å². The Kier molecular flexibility index (Phi) is 2.87. The van der Waals surface area contributed by atoms with Crippen LogP contribution in [0.3, 0.4) is 0 Å². The van der Waals surface area contributed by atoms with Crippen molar-refractivity contribution in [1.29, 1.82) is 0 Å². The normalized spacial score (nSPS) is 12.4. The summed E-state index contributed by atoms with van der Waals surface area (Å²) in [6, 6.07) is 5.54. The molecule has 0 fully saturated rings. The van der Waals surface area contributed by atoms with Gasteiger partial charge in [0.05, 0.1) is 19.3 Å². The third kappa shape index (κ3) is 1.90. The van der Waals surface area contributed by atoms with Crippen molar-refractivity contribution in [3.8, 4) is 5.75 Å². The van der Waals surface area contributed by atoms with Gasteiger partial charge in [0.15, 0.2) is 0 Å². The molecule has 1 aromatic carbocycles. The van der Waals surface area contributed by atoms with E-state index in [9.17, 15) is 0 Å². The second-order valence-electron chi connectivity index (χ2n) is 3.60. The molecule has 1 heterocycles. The van der Waals surface area contributed by atoms with Gasteiger partial charge in [0.1, 0.15) is 11.4 Å². The lowest BCUT2D eigenvalue weighted by Crippen LogP contribution is -2.13. The van der Waals surface area contributed by atoms with Crippen molar-refractivity contribution in [3.05, 3.63) is 41.2 Å². The largest absolute Gasteiger partial charge is 0.497 e. The van der Waals surface area contributed by atoms with Crippen LogP contribution in [0.5, 0.6) is 5.75 Å². The Labute approximate surface area is 93.6 Å². The average molecular weight is 218 g/mol. The minimum atomic E-state index is -0.260. The molecule has 0 aliphatic rings. The van der Waals surface area contributed by atoms with E-state index in [0.717, 1.165) is 22.6 Å². The molecule has 0 spiro atoms. The molecule has 2 rings (SSSR count). The molecule has 84 valence electrons. The van der Waals surface area contributed by atoms with Crippen LogP contribution in [0.15, 0.2) is 24.4 Å². The van der Waals surface area contributed by atoms with Crippen molar-refractivity contribution in [2.24, 2.45) is 5.73 Å². The molecule has 5 nitrogen and oxygen atoms in total. The van der Waals surface area contributed by atoms with E-state index < -0.39 is 0 Å². The summed E-state index contributed by atoms with van der Waals surface area (Å²) in [6.07, 6.45) is 1.63. The summed E-state index contributed by atoms with van der Waals surface area (Å²) >= 11 is 0. The molecule has 1 unspecified atom stereocenters. The molecule has 2 aromatic rings. The maximum absolute atomic E-state index is 6.09. The highest BCUT2D eigenvalue weighted by atomic mass is 16.5. The van der Waals surface area contributed by atoms with Crippen molar-refractivity contribution >= 4 is 0 Å². The average Bonchev–Trinajstić information content (AvgIpc) is 2.81. The van der Waals surface area contributed by atoms with E-state index in [1.54, 1.807) is 13.3 Å². The Hall–Kier alpha value is -1.88. The predicted octanol–water partition coefficient (Wildman–Crippen LogP) is 1.17. The summed E-state index contributed by atoms with van der Waals surface area (Å²) in [5.74, 6) is 0.827. The number of aromatic amines is 1. The van der Waals surface area contributed by atoms with Gasteiger partial charge in [-0.2, -0.15) is 15.4 Å². The first kappa shape index (κ1) is 10.6. The number of benzene rings is 1. The maximum Gasteiger partial charge on any atom is 0.119 e. The summed E-state index contributed by atoms with van der Waals surface area (Å²) < 4.78 is 5.15. The summed E-state index contributed by atoms with van der Waals surface area (Å²) in [4.78, 5) is 0. The zero-order valence-corrected chi connectivity index (χ0v) is 9.27. The SMILES string of the molecule is COc1ccc(C(N)c2cn[nH]n2)c(C)c1. The number of aryl methyl sites for hydroxylation is 1. The number of hydrogen-bond acceptors (Lipinski definition) is 4. The van der Waals surface area contributed by atoms with Gasteiger partial charge in [-0.1, -0.05) is 6.07 Å². The van der Waals surface area contributed by atoms with Gasteiger partial charge < -0.3 is 10.5 Å². The number of nitrogens with zero attached hydrogens (tertiary/aromatic N) is 2. The predicted molar refractivity (Wildman–Crippen MR) is 60.1 cm³/mol. The van der Waals surface area contributed by atoms with E-state index >= 15 is 0 Å². The third-order valence-corrected chi connectivity index (χ3v) is 2.56. The zero-order valence-electron chi connectivity index (χ0n) is 9.27. The lowest BCUT2D eigenvalue weighted by Gasteiger charge is -2.13. The Morgan fingerprint density at radius 1 is 1.44 bits per heavy atom. The van der Waals surface area contributed by atoms with Crippen LogP contribution >= 0.6 is 0 Å². The molecule has 0 bridgehead atoms. The molecule has 0 amide bonds. The number of hydrogen-bond donors (Lipinski definition) is 2. The Balaban J connectivity index is 2.34. The lowest BCUT2D eigenvalue weighted by atomic mass is 10.00. The summed E-state index contributed by atoms with van der Waals surface area (Å²) in [7, 11) is 1.64. The lowest BCUT2D eigenvalue weighted by molar-refractivity contribution is 0.414. The molecule has 0 saturated carbocycles. The summed E-state index contributed by atoms with van der Waals surface area (Å²) in [5, 5.41) is 10.3. The molecule has 0 aliphatic carbocycles. The first-order valence-electron chi connectivity index (χ1n) is 4.98. The van der Waals surface area contributed by atoms with Crippen molar-refractivity contribution in [2.45, 2.75) is 13.0 Å². The van der Waals surface area contributed by atoms with Crippen LogP contribution in [0.2, 0.25) is 0 Å². The molecular weight excluding hydrogens is 204 g/mol. The number of H-pyrrole nitrogens is 1. The molecular formula is C11H14N4O. The second kappa shape index (κ2) is 4.32. The van der Waals surface area contributed by atoms with Gasteiger partial charge in [-0.05, 0) is 30.2 Å². The molecule has 1 aromatic heterocycles. The van der Waals surface area contributed by atoms with Crippen LogP contribution in [0, 0.1) is 6.92 Å². The highest BCUT2D eigenvalue weighted by molar-refractivity contribution is 5.39. The van der Waals surface area contributed by atoms with Gasteiger partial charge in [0, 0.05) is 0 Å². The van der Waals surface area contributed by atoms with Crippen LogP contribution in [0.4, 0.5) is 0 Å². The van der Waals surface area contributed by atoms with E-state index in [2.05, 4.69) is 15.4 Å². The third-order valence-electron chi connectivity index (χ3n) is 2.56. The second-order valence-corrected chi connectivity index (χ2v) is 3.60. The number of methoxy groups -OCH3 is 1. The van der Waals surface area contributed by atoms with Gasteiger partial charge in [0.2, 0.25) is 0 Å². The summed E-state index contributed by atoms with van der Waals surface area (Å²) in [5.41, 5.74) is 8.92. The highest BCUT2D eigenvalue weighted by Crippen LogP contribution is 2.24. The quantitative estimate of drug-likeness (QED) is 0.810. The molecule has 3 N–H and O–H groups in total. The van der Waals surface area contributed by atoms with Crippen LogP contribution in [-0.4, -0.2) is 22.5 Å². The standard InChI is InChI=1S/C11H14N4O/c1-7-5-8(16-2)3-4-9(7)11(12)10-6-13-15-14-10/h3-6,11H,12H2,1-2H3,(H,13,14,15). The van der Waals surface area contributed by atoms with E-state index in [0.29, 0.717) is 0 Å². The molecule has 1 atom stereocenters. The first-order valence-corrected chi connectivity index (χ1v) is 4.98. The van der Waals surface area contributed by atoms with E-state index in [4.69, 9.17) is 10.5 Å². The molecule has 0 saturated heterocycles. The Morgan fingerprint density at radius 2 is 2.25 bits per heavy atom. The smallest absolute Gasteiger partial charge is 0.119 e. The fourth-order valence-electron chi connectivity index (χ4n) is 1.64. The van der Waals surface area contributed by atoms with Gasteiger partial charge in [0.25, 0.3) is 0 Å². The van der Waals surface area contributed by atoms with Gasteiger partial charge in [-0.15, -0.1) is 0 Å². The summed E-state index contributed by atoms with van der Waals surface area (Å²) in [6.45, 7) is 2.00. The minimum absolute atomic E-state index is 0.260. The zero-order chi connectivity index (χ0) is 11.5. The van der Waals surface area contributed by atoms with Crippen LogP contribution in [0.25, 0.3) is 0 Å². The molecule has 5 heteroatoms. The molecule has 16 heavy (non-hydrogen) atoms. The van der Waals surface area contributed by atoms with Gasteiger partial charge in [-0.25, -0.2) is 0 Å². The monoisotopic (exact) mass is 218 g/mol. The first-order chi connectivity index (χ1) is 7.72. The topological polar surface area (TPSA) is 76.8 Å². The fraction of sp³-hybridized carbons (Fsp3) is 0.273. The van der Waals surface area contributed by atoms with Crippen molar-refractivity contribution in [1.82, 2.24) is 15.4 Å².